The standard InChI is InChI=1S/C24H21ClN2O4/c1-16-6-5-9-22(17(16)2)30-15-23(28)27-26-14-18-10-12-19(13-11-18)31-24(29)20-7-3-4-8-21(20)25/h3-14H,15H2,1-2H3,(H,27,28)/b26-14+. The van der Waals surface area contributed by atoms with E-state index < -0.39 is 5.97 Å². The van der Waals surface area contributed by atoms with Crippen LogP contribution in [0.25, 0.3) is 0 Å². The number of halogens is 1. The van der Waals surface area contributed by atoms with E-state index in [0.29, 0.717) is 27.6 Å². The third-order valence-electron chi connectivity index (χ3n) is 4.50. The number of nitrogens with zero attached hydrogens (tertiary/aromatic N) is 1. The second kappa shape index (κ2) is 10.4. The first-order valence-corrected chi connectivity index (χ1v) is 9.89. The molecule has 1 N–H and O–H groups in total. The van der Waals surface area contributed by atoms with E-state index in [2.05, 4.69) is 10.5 Å². The number of hydrogen-bond acceptors (Lipinski definition) is 5. The second-order valence-electron chi connectivity index (χ2n) is 6.72. The quantitative estimate of drug-likeness (QED) is 0.252. The highest BCUT2D eigenvalue weighted by Crippen LogP contribution is 2.20. The average Bonchev–Trinajstić information content (AvgIpc) is 2.76. The number of nitrogens with one attached hydrogen (secondary N) is 1. The van der Waals surface area contributed by atoms with Gasteiger partial charge < -0.3 is 9.47 Å². The number of ether oxygens (including phenoxy) is 2. The lowest BCUT2D eigenvalue weighted by atomic mass is 10.1. The molecule has 1 amide bonds. The van der Waals surface area contributed by atoms with Gasteiger partial charge in [-0.25, -0.2) is 10.2 Å². The van der Waals surface area contributed by atoms with Gasteiger partial charge in [-0.05, 0) is 73.0 Å². The van der Waals surface area contributed by atoms with Crippen LogP contribution in [0.5, 0.6) is 11.5 Å². The summed E-state index contributed by atoms with van der Waals surface area (Å²) in [6.07, 6.45) is 1.48. The molecule has 7 heteroatoms. The Morgan fingerprint density at radius 2 is 1.74 bits per heavy atom. The number of esters is 1. The van der Waals surface area contributed by atoms with Gasteiger partial charge in [0.2, 0.25) is 0 Å². The molecule has 0 atom stereocenters. The summed E-state index contributed by atoms with van der Waals surface area (Å²) < 4.78 is 10.9. The minimum Gasteiger partial charge on any atom is -0.483 e. The monoisotopic (exact) mass is 436 g/mol. The normalized spacial score (nSPS) is 10.7. The summed E-state index contributed by atoms with van der Waals surface area (Å²) >= 11 is 6.00. The Hall–Kier alpha value is -3.64. The van der Waals surface area contributed by atoms with Gasteiger partial charge in [0.1, 0.15) is 11.5 Å². The Kier molecular flexibility index (Phi) is 7.40. The zero-order chi connectivity index (χ0) is 22.2. The first-order valence-electron chi connectivity index (χ1n) is 9.52. The molecule has 0 heterocycles. The van der Waals surface area contributed by atoms with Gasteiger partial charge in [-0.2, -0.15) is 5.10 Å². The summed E-state index contributed by atoms with van der Waals surface area (Å²) in [6.45, 7) is 3.78. The molecule has 3 aromatic carbocycles. The van der Waals surface area contributed by atoms with Crippen molar-refractivity contribution in [1.82, 2.24) is 5.43 Å². The highest BCUT2D eigenvalue weighted by molar-refractivity contribution is 6.33. The summed E-state index contributed by atoms with van der Waals surface area (Å²) in [7, 11) is 0. The molecule has 0 spiro atoms. The van der Waals surface area contributed by atoms with E-state index in [1.54, 1.807) is 48.5 Å². The third kappa shape index (κ3) is 6.17. The third-order valence-corrected chi connectivity index (χ3v) is 4.83. The van der Waals surface area contributed by atoms with Crippen LogP contribution >= 0.6 is 11.6 Å². The first-order chi connectivity index (χ1) is 14.9. The van der Waals surface area contributed by atoms with Crippen molar-refractivity contribution in [2.75, 3.05) is 6.61 Å². The maximum atomic E-state index is 12.2. The van der Waals surface area contributed by atoms with Gasteiger partial charge in [0.05, 0.1) is 16.8 Å². The molecule has 0 aliphatic carbocycles. The Bertz CT molecular complexity index is 1110. The number of hydrogen-bond donors (Lipinski definition) is 1. The molecule has 0 aromatic heterocycles. The zero-order valence-electron chi connectivity index (χ0n) is 17.1. The largest absolute Gasteiger partial charge is 0.483 e. The van der Waals surface area contributed by atoms with E-state index in [1.807, 2.05) is 32.0 Å². The Balaban J connectivity index is 1.49. The fourth-order valence-electron chi connectivity index (χ4n) is 2.65. The lowest BCUT2D eigenvalue weighted by molar-refractivity contribution is -0.123. The summed E-state index contributed by atoms with van der Waals surface area (Å²) in [5.74, 6) is 0.125. The van der Waals surface area contributed by atoms with Gasteiger partial charge in [0.15, 0.2) is 6.61 Å². The predicted molar refractivity (Wildman–Crippen MR) is 120 cm³/mol. The predicted octanol–water partition coefficient (Wildman–Crippen LogP) is 4.71. The van der Waals surface area contributed by atoms with Crippen molar-refractivity contribution in [3.8, 4) is 11.5 Å². The SMILES string of the molecule is Cc1cccc(OCC(=O)N/N=C/c2ccc(OC(=O)c3ccccc3Cl)cc2)c1C. The van der Waals surface area contributed by atoms with Crippen LogP contribution in [0.2, 0.25) is 5.02 Å². The van der Waals surface area contributed by atoms with Gasteiger partial charge in [-0.1, -0.05) is 35.9 Å². The van der Waals surface area contributed by atoms with E-state index in [1.165, 1.54) is 6.21 Å². The molecule has 3 aromatic rings. The number of benzene rings is 3. The fourth-order valence-corrected chi connectivity index (χ4v) is 2.86. The lowest BCUT2D eigenvalue weighted by Crippen LogP contribution is -2.24. The minimum atomic E-state index is -0.539. The summed E-state index contributed by atoms with van der Waals surface area (Å²) in [5.41, 5.74) is 5.51. The van der Waals surface area contributed by atoms with Crippen LogP contribution < -0.4 is 14.9 Å². The molecular formula is C24H21ClN2O4. The fraction of sp³-hybridized carbons (Fsp3) is 0.125. The van der Waals surface area contributed by atoms with Crippen molar-refractivity contribution in [3.63, 3.8) is 0 Å². The summed E-state index contributed by atoms with van der Waals surface area (Å²) in [5, 5.41) is 4.24. The number of carbonyl (C=O) groups is 2. The van der Waals surface area contributed by atoms with Gasteiger partial charge in [-0.15, -0.1) is 0 Å². The van der Waals surface area contributed by atoms with Crippen LogP contribution in [0.4, 0.5) is 0 Å². The molecule has 0 fully saturated rings. The molecular weight excluding hydrogens is 416 g/mol. The molecule has 31 heavy (non-hydrogen) atoms. The van der Waals surface area contributed by atoms with E-state index in [9.17, 15) is 9.59 Å². The Labute approximate surface area is 185 Å². The Morgan fingerprint density at radius 1 is 1.00 bits per heavy atom. The zero-order valence-corrected chi connectivity index (χ0v) is 17.8. The van der Waals surface area contributed by atoms with Crippen molar-refractivity contribution >= 4 is 29.7 Å². The first kappa shape index (κ1) is 22.1. The number of amides is 1. The van der Waals surface area contributed by atoms with Gasteiger partial charge in [-0.3, -0.25) is 4.79 Å². The minimum absolute atomic E-state index is 0.140. The smallest absolute Gasteiger partial charge is 0.345 e. The topological polar surface area (TPSA) is 77.0 Å². The number of aryl methyl sites for hydroxylation is 1. The molecule has 0 saturated carbocycles. The average molecular weight is 437 g/mol. The number of carbonyl (C=O) groups excluding carboxylic acids is 2. The van der Waals surface area contributed by atoms with E-state index in [0.717, 1.165) is 11.1 Å². The summed E-state index contributed by atoms with van der Waals surface area (Å²) in [4.78, 5) is 24.1. The maximum Gasteiger partial charge on any atom is 0.345 e. The molecule has 0 saturated heterocycles. The molecule has 0 radical (unpaired) electrons. The number of hydrazone groups is 1. The summed E-state index contributed by atoms with van der Waals surface area (Å²) in [6, 6.07) is 19.0. The highest BCUT2D eigenvalue weighted by Gasteiger charge is 2.12. The lowest BCUT2D eigenvalue weighted by Gasteiger charge is -2.09. The van der Waals surface area contributed by atoms with Crippen molar-refractivity contribution < 1.29 is 19.1 Å². The van der Waals surface area contributed by atoms with Crippen LogP contribution in [0.3, 0.4) is 0 Å². The van der Waals surface area contributed by atoms with Gasteiger partial charge in [0, 0.05) is 0 Å². The molecule has 0 unspecified atom stereocenters. The van der Waals surface area contributed by atoms with Crippen molar-refractivity contribution in [2.45, 2.75) is 13.8 Å². The van der Waals surface area contributed by atoms with Crippen molar-refractivity contribution in [3.05, 3.63) is 94.0 Å². The molecule has 3 rings (SSSR count). The van der Waals surface area contributed by atoms with Crippen LogP contribution in [0, 0.1) is 13.8 Å². The second-order valence-corrected chi connectivity index (χ2v) is 7.13. The molecule has 0 aliphatic heterocycles. The van der Waals surface area contributed by atoms with Crippen LogP contribution in [-0.2, 0) is 4.79 Å². The van der Waals surface area contributed by atoms with Gasteiger partial charge >= 0.3 is 5.97 Å². The van der Waals surface area contributed by atoms with Crippen molar-refractivity contribution in [2.24, 2.45) is 5.10 Å². The van der Waals surface area contributed by atoms with Crippen molar-refractivity contribution in [1.29, 1.82) is 0 Å². The van der Waals surface area contributed by atoms with E-state index in [4.69, 9.17) is 21.1 Å². The van der Waals surface area contributed by atoms with E-state index >= 15 is 0 Å². The molecule has 0 aliphatic rings. The number of rotatable bonds is 7. The van der Waals surface area contributed by atoms with Crippen LogP contribution in [-0.4, -0.2) is 24.7 Å². The van der Waals surface area contributed by atoms with Gasteiger partial charge in [0.25, 0.3) is 5.91 Å². The maximum absolute atomic E-state index is 12.2. The Morgan fingerprint density at radius 3 is 2.48 bits per heavy atom. The van der Waals surface area contributed by atoms with Crippen LogP contribution in [0.15, 0.2) is 71.8 Å². The molecule has 0 bridgehead atoms. The van der Waals surface area contributed by atoms with E-state index in [-0.39, 0.29) is 12.5 Å². The highest BCUT2D eigenvalue weighted by atomic mass is 35.5. The van der Waals surface area contributed by atoms with Crippen LogP contribution in [0.1, 0.15) is 27.0 Å². The molecule has 6 nitrogen and oxygen atoms in total. The molecule has 158 valence electrons.